The molecule has 0 nitrogen and oxygen atoms in total. The third-order valence-electron chi connectivity index (χ3n) is 2.68. The molecule has 2 aromatic rings. The molecular formula is C14H14S. The average Bonchev–Trinajstić information content (AvgIpc) is 2.74. The fourth-order valence-corrected chi connectivity index (χ4v) is 2.40. The van der Waals surface area contributed by atoms with Crippen LogP contribution in [0.15, 0.2) is 41.6 Å². The first-order valence-electron chi connectivity index (χ1n) is 5.03. The van der Waals surface area contributed by atoms with Crippen molar-refractivity contribution in [2.45, 2.75) is 13.3 Å². The minimum Gasteiger partial charge on any atom is -0.152 e. The number of benzene rings is 1. The Labute approximate surface area is 94.9 Å². The summed E-state index contributed by atoms with van der Waals surface area (Å²) in [5.41, 5.74) is 5.37. The molecule has 15 heavy (non-hydrogen) atoms. The summed E-state index contributed by atoms with van der Waals surface area (Å²) >= 11 is 1.75. The third-order valence-corrected chi connectivity index (χ3v) is 3.41. The van der Waals surface area contributed by atoms with Gasteiger partial charge >= 0.3 is 0 Å². The summed E-state index contributed by atoms with van der Waals surface area (Å²) in [5, 5.41) is 4.34. The summed E-state index contributed by atoms with van der Waals surface area (Å²) < 4.78 is 0. The van der Waals surface area contributed by atoms with Gasteiger partial charge in [-0.2, -0.15) is 11.3 Å². The molecule has 1 heterocycles. The van der Waals surface area contributed by atoms with Crippen LogP contribution in [0.2, 0.25) is 0 Å². The summed E-state index contributed by atoms with van der Waals surface area (Å²) in [7, 11) is 0. The number of thiophene rings is 1. The molecule has 2 rings (SSSR count). The predicted molar refractivity (Wildman–Crippen MR) is 68.4 cm³/mol. The fourth-order valence-electron chi connectivity index (χ4n) is 1.73. The van der Waals surface area contributed by atoms with Gasteiger partial charge in [0.25, 0.3) is 0 Å². The molecule has 0 bridgehead atoms. The van der Waals surface area contributed by atoms with E-state index in [1.54, 1.807) is 11.3 Å². The van der Waals surface area contributed by atoms with Crippen LogP contribution in [0.3, 0.4) is 0 Å². The molecule has 0 unspecified atom stereocenters. The second-order valence-corrected chi connectivity index (χ2v) is 4.42. The van der Waals surface area contributed by atoms with Crippen LogP contribution in [0.4, 0.5) is 0 Å². The molecule has 0 spiro atoms. The van der Waals surface area contributed by atoms with E-state index in [2.05, 4.69) is 48.5 Å². The minimum atomic E-state index is 1.02. The molecule has 0 radical (unpaired) electrons. The van der Waals surface area contributed by atoms with Gasteiger partial charge in [-0.1, -0.05) is 30.9 Å². The van der Waals surface area contributed by atoms with Gasteiger partial charge in [0.2, 0.25) is 0 Å². The highest BCUT2D eigenvalue weighted by Gasteiger charge is 2.02. The maximum atomic E-state index is 3.83. The number of hydrogen-bond donors (Lipinski definition) is 0. The Hall–Kier alpha value is -1.34. The lowest BCUT2D eigenvalue weighted by molar-refractivity contribution is 1.16. The monoisotopic (exact) mass is 214 g/mol. The summed E-state index contributed by atoms with van der Waals surface area (Å²) in [4.78, 5) is 0. The van der Waals surface area contributed by atoms with Crippen LogP contribution in [0.5, 0.6) is 0 Å². The highest BCUT2D eigenvalue weighted by molar-refractivity contribution is 7.07. The number of rotatable bonds is 3. The van der Waals surface area contributed by atoms with Gasteiger partial charge in [0.15, 0.2) is 0 Å². The maximum absolute atomic E-state index is 3.83. The molecule has 1 heteroatoms. The van der Waals surface area contributed by atoms with E-state index in [-0.39, 0.29) is 0 Å². The number of hydrogen-bond acceptors (Lipinski definition) is 1. The van der Waals surface area contributed by atoms with Crippen molar-refractivity contribution in [3.05, 3.63) is 63.9 Å². The minimum absolute atomic E-state index is 1.02. The van der Waals surface area contributed by atoms with Crippen molar-refractivity contribution in [3.8, 4) is 0 Å². The van der Waals surface area contributed by atoms with Crippen LogP contribution >= 0.6 is 11.3 Å². The van der Waals surface area contributed by atoms with Gasteiger partial charge in [0.1, 0.15) is 0 Å². The topological polar surface area (TPSA) is 0 Å². The molecule has 1 aromatic carbocycles. The molecular weight excluding hydrogens is 200 g/mol. The molecule has 0 atom stereocenters. The lowest BCUT2D eigenvalue weighted by Crippen LogP contribution is -1.92. The van der Waals surface area contributed by atoms with Gasteiger partial charge in [0, 0.05) is 0 Å². The average molecular weight is 214 g/mol. The van der Waals surface area contributed by atoms with Crippen LogP contribution < -0.4 is 0 Å². The van der Waals surface area contributed by atoms with Gasteiger partial charge in [-0.3, -0.25) is 0 Å². The Bertz CT molecular complexity index is 452. The van der Waals surface area contributed by atoms with Gasteiger partial charge in [0.05, 0.1) is 0 Å². The zero-order chi connectivity index (χ0) is 10.7. The molecule has 0 amide bonds. The van der Waals surface area contributed by atoms with E-state index >= 15 is 0 Å². The van der Waals surface area contributed by atoms with Crippen molar-refractivity contribution >= 4 is 17.4 Å². The normalized spacial score (nSPS) is 10.2. The Morgan fingerprint density at radius 2 is 2.20 bits per heavy atom. The molecule has 0 aliphatic heterocycles. The molecule has 0 aliphatic rings. The van der Waals surface area contributed by atoms with E-state index in [4.69, 9.17) is 0 Å². The molecule has 1 aromatic heterocycles. The quantitative estimate of drug-likeness (QED) is 0.715. The van der Waals surface area contributed by atoms with Gasteiger partial charge in [-0.25, -0.2) is 0 Å². The first-order valence-corrected chi connectivity index (χ1v) is 5.97. The predicted octanol–water partition coefficient (Wildman–Crippen LogP) is 4.29. The summed E-state index contributed by atoms with van der Waals surface area (Å²) in [6.07, 6.45) is 2.95. The maximum Gasteiger partial charge on any atom is -0.00147 e. The second kappa shape index (κ2) is 4.45. The Morgan fingerprint density at radius 1 is 1.33 bits per heavy atom. The standard InChI is InChI=1S/C14H14S/c1-3-13-5-4-6-14(11(13)2)9-12-7-8-15-10-12/h3-8,10H,1,9H2,2H3. The van der Waals surface area contributed by atoms with Crippen molar-refractivity contribution in [1.82, 2.24) is 0 Å². The highest BCUT2D eigenvalue weighted by Crippen LogP contribution is 2.19. The van der Waals surface area contributed by atoms with Crippen LogP contribution in [-0.2, 0) is 6.42 Å². The molecule has 0 N–H and O–H groups in total. The first kappa shape index (κ1) is 10.2. The van der Waals surface area contributed by atoms with Crippen molar-refractivity contribution in [2.75, 3.05) is 0 Å². The smallest absolute Gasteiger partial charge is 0.00147 e. The van der Waals surface area contributed by atoms with Crippen LogP contribution in [0.1, 0.15) is 22.3 Å². The van der Waals surface area contributed by atoms with E-state index in [1.807, 2.05) is 6.08 Å². The molecule has 0 saturated carbocycles. The highest BCUT2D eigenvalue weighted by atomic mass is 32.1. The Kier molecular flexibility index (Phi) is 3.02. The van der Waals surface area contributed by atoms with E-state index in [9.17, 15) is 0 Å². The fraction of sp³-hybridized carbons (Fsp3) is 0.143. The summed E-state index contributed by atoms with van der Waals surface area (Å²) in [6.45, 7) is 6.00. The van der Waals surface area contributed by atoms with Gasteiger partial charge < -0.3 is 0 Å². The Balaban J connectivity index is 2.33. The van der Waals surface area contributed by atoms with Crippen LogP contribution in [0, 0.1) is 6.92 Å². The molecule has 76 valence electrons. The van der Waals surface area contributed by atoms with Crippen LogP contribution in [0.25, 0.3) is 6.08 Å². The third kappa shape index (κ3) is 2.18. The van der Waals surface area contributed by atoms with Crippen molar-refractivity contribution in [1.29, 1.82) is 0 Å². The van der Waals surface area contributed by atoms with E-state index in [1.165, 1.54) is 22.3 Å². The molecule has 0 fully saturated rings. The lowest BCUT2D eigenvalue weighted by atomic mass is 9.98. The van der Waals surface area contributed by atoms with E-state index in [0.717, 1.165) is 6.42 Å². The zero-order valence-electron chi connectivity index (χ0n) is 8.86. The molecule has 0 saturated heterocycles. The van der Waals surface area contributed by atoms with E-state index in [0.29, 0.717) is 0 Å². The first-order chi connectivity index (χ1) is 7.31. The summed E-state index contributed by atoms with van der Waals surface area (Å²) in [6, 6.07) is 8.59. The second-order valence-electron chi connectivity index (χ2n) is 3.64. The summed E-state index contributed by atoms with van der Waals surface area (Å²) in [5.74, 6) is 0. The van der Waals surface area contributed by atoms with Crippen LogP contribution in [-0.4, -0.2) is 0 Å². The van der Waals surface area contributed by atoms with Crippen molar-refractivity contribution < 1.29 is 0 Å². The van der Waals surface area contributed by atoms with Crippen molar-refractivity contribution in [2.24, 2.45) is 0 Å². The van der Waals surface area contributed by atoms with Gasteiger partial charge in [-0.05, 0) is 52.4 Å². The molecule has 0 aliphatic carbocycles. The zero-order valence-corrected chi connectivity index (χ0v) is 9.68. The van der Waals surface area contributed by atoms with E-state index < -0.39 is 0 Å². The van der Waals surface area contributed by atoms with Crippen molar-refractivity contribution in [3.63, 3.8) is 0 Å². The SMILES string of the molecule is C=Cc1cccc(Cc2ccsc2)c1C. The largest absolute Gasteiger partial charge is 0.152 e. The van der Waals surface area contributed by atoms with Gasteiger partial charge in [-0.15, -0.1) is 0 Å². The lowest BCUT2D eigenvalue weighted by Gasteiger charge is -2.07. The Morgan fingerprint density at radius 3 is 2.87 bits per heavy atom.